The summed E-state index contributed by atoms with van der Waals surface area (Å²) in [5.41, 5.74) is 3.61. The maximum absolute atomic E-state index is 13.1. The van der Waals surface area contributed by atoms with Crippen molar-refractivity contribution in [1.29, 1.82) is 0 Å². The zero-order valence-corrected chi connectivity index (χ0v) is 8.35. The molecule has 7 heteroatoms. The van der Waals surface area contributed by atoms with Crippen molar-refractivity contribution < 1.29 is 13.9 Å². The molecule has 0 aromatic carbocycles. The number of amides is 1. The minimum Gasteiger partial charge on any atom is -0.364 e. The van der Waals surface area contributed by atoms with Crippen LogP contribution in [0.25, 0.3) is 0 Å². The van der Waals surface area contributed by atoms with Gasteiger partial charge in [-0.2, -0.15) is 4.39 Å². The minimum absolute atomic E-state index is 0.507. The molecule has 0 bridgehead atoms. The Kier molecular flexibility index (Phi) is 2.69. The van der Waals surface area contributed by atoms with E-state index in [0.717, 1.165) is 17.2 Å². The van der Waals surface area contributed by atoms with Gasteiger partial charge in [0, 0.05) is 6.61 Å². The zero-order valence-electron chi connectivity index (χ0n) is 8.35. The maximum Gasteiger partial charge on any atom is 0.284 e. The number of carbonyl (C=O) groups excluding carboxylic acids is 1. The largest absolute Gasteiger partial charge is 0.364 e. The van der Waals surface area contributed by atoms with Gasteiger partial charge in [0.15, 0.2) is 5.69 Å². The molecule has 1 aliphatic heterocycles. The second-order valence-corrected chi connectivity index (χ2v) is 3.46. The third kappa shape index (κ3) is 1.81. The van der Waals surface area contributed by atoms with Crippen LogP contribution in [0.4, 0.5) is 4.39 Å². The molecule has 0 saturated carbocycles. The first-order valence-corrected chi connectivity index (χ1v) is 4.79. The van der Waals surface area contributed by atoms with Crippen LogP contribution in [0, 0.1) is 5.95 Å². The second-order valence-electron chi connectivity index (χ2n) is 3.46. The summed E-state index contributed by atoms with van der Waals surface area (Å²) in [6.45, 7) is 0.507. The quantitative estimate of drug-likeness (QED) is 0.757. The molecule has 1 atom stereocenters. The van der Waals surface area contributed by atoms with Crippen LogP contribution in [0.1, 0.15) is 29.6 Å². The van der Waals surface area contributed by atoms with Crippen molar-refractivity contribution in [2.24, 2.45) is 5.73 Å². The van der Waals surface area contributed by atoms with Crippen LogP contribution in [0.15, 0.2) is 11.0 Å². The summed E-state index contributed by atoms with van der Waals surface area (Å²) < 4.78 is 19.3. The van der Waals surface area contributed by atoms with Crippen LogP contribution >= 0.6 is 0 Å². The summed E-state index contributed by atoms with van der Waals surface area (Å²) in [6, 6.07) is 0. The first-order valence-electron chi connectivity index (χ1n) is 4.79. The lowest BCUT2D eigenvalue weighted by Crippen LogP contribution is -2.33. The van der Waals surface area contributed by atoms with Crippen LogP contribution in [-0.4, -0.2) is 22.1 Å². The van der Waals surface area contributed by atoms with Crippen molar-refractivity contribution in [3.8, 4) is 0 Å². The average molecular weight is 227 g/mol. The van der Waals surface area contributed by atoms with E-state index in [-0.39, 0.29) is 0 Å². The molecule has 2 N–H and O–H groups in total. The molecule has 2 rings (SSSR count). The molecule has 0 unspecified atom stereocenters. The van der Waals surface area contributed by atoms with E-state index in [1.54, 1.807) is 0 Å². The number of rotatable bonds is 2. The van der Waals surface area contributed by atoms with Gasteiger partial charge in [-0.15, -0.1) is 0 Å². The smallest absolute Gasteiger partial charge is 0.284 e. The Hall–Kier alpha value is -1.76. The first kappa shape index (κ1) is 10.7. The van der Waals surface area contributed by atoms with Crippen LogP contribution < -0.4 is 11.3 Å². The Labute approximate surface area is 89.8 Å². The van der Waals surface area contributed by atoms with E-state index in [4.69, 9.17) is 10.5 Å². The maximum atomic E-state index is 13.1. The zero-order chi connectivity index (χ0) is 11.7. The Bertz CT molecular complexity index is 479. The van der Waals surface area contributed by atoms with E-state index >= 15 is 0 Å². The third-order valence-corrected chi connectivity index (χ3v) is 2.35. The number of primary amides is 1. The molecular weight excluding hydrogens is 217 g/mol. The van der Waals surface area contributed by atoms with Crippen molar-refractivity contribution in [1.82, 2.24) is 9.55 Å². The summed E-state index contributed by atoms with van der Waals surface area (Å²) in [7, 11) is 0. The molecule has 1 saturated heterocycles. The van der Waals surface area contributed by atoms with E-state index in [1.165, 1.54) is 0 Å². The van der Waals surface area contributed by atoms with Crippen molar-refractivity contribution in [2.75, 3.05) is 6.61 Å². The predicted octanol–water partition coefficient (Wildman–Crippen LogP) is -0.210. The average Bonchev–Trinajstić information content (AvgIpc) is 2.73. The third-order valence-electron chi connectivity index (χ3n) is 2.35. The van der Waals surface area contributed by atoms with E-state index in [0.29, 0.717) is 13.0 Å². The van der Waals surface area contributed by atoms with Gasteiger partial charge < -0.3 is 10.5 Å². The van der Waals surface area contributed by atoms with Crippen molar-refractivity contribution in [2.45, 2.75) is 19.1 Å². The monoisotopic (exact) mass is 227 g/mol. The number of aromatic nitrogens is 2. The molecule has 16 heavy (non-hydrogen) atoms. The molecule has 0 spiro atoms. The lowest BCUT2D eigenvalue weighted by Gasteiger charge is -2.13. The van der Waals surface area contributed by atoms with Crippen molar-refractivity contribution in [3.05, 3.63) is 28.2 Å². The summed E-state index contributed by atoms with van der Waals surface area (Å²) in [5, 5.41) is 0. The van der Waals surface area contributed by atoms with Gasteiger partial charge in [-0.3, -0.25) is 14.2 Å². The van der Waals surface area contributed by atoms with E-state index < -0.39 is 29.3 Å². The van der Waals surface area contributed by atoms with Gasteiger partial charge in [-0.05, 0) is 12.8 Å². The van der Waals surface area contributed by atoms with Crippen LogP contribution in [0.2, 0.25) is 0 Å². The van der Waals surface area contributed by atoms with E-state index in [1.807, 2.05) is 0 Å². The molecule has 0 radical (unpaired) electrons. The van der Waals surface area contributed by atoms with Gasteiger partial charge in [0.1, 0.15) is 6.23 Å². The molecule has 86 valence electrons. The molecule has 1 aromatic rings. The number of nitrogens with zero attached hydrogens (tertiary/aromatic N) is 2. The summed E-state index contributed by atoms with van der Waals surface area (Å²) in [5.74, 6) is -1.97. The van der Waals surface area contributed by atoms with Crippen LogP contribution in [-0.2, 0) is 4.74 Å². The van der Waals surface area contributed by atoms with Gasteiger partial charge in [0.05, 0.1) is 6.20 Å². The predicted molar refractivity (Wildman–Crippen MR) is 51.2 cm³/mol. The molecular formula is C9H10FN3O3. The fourth-order valence-electron chi connectivity index (χ4n) is 1.63. The van der Waals surface area contributed by atoms with E-state index in [9.17, 15) is 14.0 Å². The number of hydrogen-bond donors (Lipinski definition) is 1. The molecule has 2 heterocycles. The van der Waals surface area contributed by atoms with Gasteiger partial charge in [-0.25, -0.2) is 4.98 Å². The fraction of sp³-hybridized carbons (Fsp3) is 0.444. The molecule has 1 fully saturated rings. The number of carbonyl (C=O) groups is 1. The first-order chi connectivity index (χ1) is 7.59. The molecule has 1 aliphatic rings. The topological polar surface area (TPSA) is 87.2 Å². The number of hydrogen-bond acceptors (Lipinski definition) is 4. The van der Waals surface area contributed by atoms with Gasteiger partial charge in [0.25, 0.3) is 11.5 Å². The summed E-state index contributed by atoms with van der Waals surface area (Å²) in [6.07, 6.45) is 1.77. The number of halogens is 1. The van der Waals surface area contributed by atoms with Gasteiger partial charge in [0.2, 0.25) is 5.95 Å². The lowest BCUT2D eigenvalue weighted by atomic mass is 10.3. The highest BCUT2D eigenvalue weighted by molar-refractivity contribution is 5.90. The van der Waals surface area contributed by atoms with Crippen LogP contribution in [0.5, 0.6) is 0 Å². The molecule has 1 amide bonds. The normalized spacial score (nSPS) is 19.9. The summed E-state index contributed by atoms with van der Waals surface area (Å²) >= 11 is 0. The number of nitrogens with two attached hydrogens (primary N) is 1. The molecule has 6 nitrogen and oxygen atoms in total. The van der Waals surface area contributed by atoms with E-state index in [2.05, 4.69) is 4.98 Å². The van der Waals surface area contributed by atoms with Gasteiger partial charge in [-0.1, -0.05) is 0 Å². The number of ether oxygens (including phenoxy) is 1. The highest BCUT2D eigenvalue weighted by atomic mass is 19.1. The Morgan fingerprint density at radius 3 is 3.00 bits per heavy atom. The highest BCUT2D eigenvalue weighted by Gasteiger charge is 2.22. The standard InChI is InChI=1S/C9H10FN3O3/c10-5-4-13(6-2-1-3-16-6)9(15)7(12-5)8(11)14/h4,6H,1-3H2,(H2,11,14)/t6-/m1/s1. The van der Waals surface area contributed by atoms with Crippen LogP contribution in [0.3, 0.4) is 0 Å². The van der Waals surface area contributed by atoms with Gasteiger partial charge >= 0.3 is 0 Å². The minimum atomic E-state index is -1.05. The Morgan fingerprint density at radius 2 is 2.44 bits per heavy atom. The highest BCUT2D eigenvalue weighted by Crippen LogP contribution is 2.20. The second kappa shape index (κ2) is 4.01. The van der Waals surface area contributed by atoms with Crippen molar-refractivity contribution in [3.63, 3.8) is 0 Å². The Morgan fingerprint density at radius 1 is 1.69 bits per heavy atom. The lowest BCUT2D eigenvalue weighted by molar-refractivity contribution is 0.0522. The molecule has 0 aliphatic carbocycles. The fourth-order valence-corrected chi connectivity index (χ4v) is 1.63. The molecule has 1 aromatic heterocycles. The summed E-state index contributed by atoms with van der Waals surface area (Å²) in [4.78, 5) is 25.8. The SMILES string of the molecule is NC(=O)c1nc(F)cn([C@H]2CCCO2)c1=O. The van der Waals surface area contributed by atoms with Crippen molar-refractivity contribution >= 4 is 5.91 Å². The Balaban J connectivity index is 2.52.